The molecule has 32 heavy (non-hydrogen) atoms. The number of hydrogen-bond acceptors (Lipinski definition) is 3. The fraction of sp³-hybridized carbons (Fsp3) is 0.231. The molecule has 0 radical (unpaired) electrons. The van der Waals surface area contributed by atoms with Crippen LogP contribution in [-0.2, 0) is 13.0 Å². The van der Waals surface area contributed by atoms with Gasteiger partial charge in [0.05, 0.1) is 12.8 Å². The Hall–Kier alpha value is -3.80. The zero-order chi connectivity index (χ0) is 22.7. The molecular formula is C26H27N3O3. The Labute approximate surface area is 188 Å². The topological polar surface area (TPSA) is 70.7 Å². The van der Waals surface area contributed by atoms with Gasteiger partial charge < -0.3 is 20.3 Å². The lowest BCUT2D eigenvalue weighted by Gasteiger charge is -2.18. The molecule has 2 N–H and O–H groups in total. The van der Waals surface area contributed by atoms with Gasteiger partial charge in [0.15, 0.2) is 0 Å². The Kier molecular flexibility index (Phi) is 6.12. The highest BCUT2D eigenvalue weighted by atomic mass is 16.5. The van der Waals surface area contributed by atoms with Crippen LogP contribution in [0.1, 0.15) is 32.6 Å². The summed E-state index contributed by atoms with van der Waals surface area (Å²) in [5, 5.41) is 5.72. The predicted octanol–water partition coefficient (Wildman–Crippen LogP) is 4.84. The predicted molar refractivity (Wildman–Crippen MR) is 127 cm³/mol. The molecule has 0 unspecified atom stereocenters. The standard InChI is InChI=1S/C26H27N3O3/c1-17-4-8-21(9-5-17)25(30)29-13-12-20-10-7-19(15-23(20)29)16-27-26(31)28-22-14-18(2)6-11-24(22)32-3/h4-11,14-15H,12-13,16H2,1-3H3,(H2,27,28,31). The zero-order valence-electron chi connectivity index (χ0n) is 18.6. The molecule has 0 saturated carbocycles. The van der Waals surface area contributed by atoms with E-state index in [1.807, 2.05) is 79.4 Å². The fourth-order valence-electron chi connectivity index (χ4n) is 3.87. The van der Waals surface area contributed by atoms with Crippen LogP contribution in [0.5, 0.6) is 5.75 Å². The normalized spacial score (nSPS) is 12.3. The minimum atomic E-state index is -0.318. The van der Waals surface area contributed by atoms with E-state index < -0.39 is 0 Å². The van der Waals surface area contributed by atoms with Gasteiger partial charge in [0.1, 0.15) is 5.75 Å². The average Bonchev–Trinajstić information content (AvgIpc) is 3.21. The molecule has 1 heterocycles. The lowest BCUT2D eigenvalue weighted by molar-refractivity contribution is 0.0989. The first-order valence-corrected chi connectivity index (χ1v) is 10.6. The van der Waals surface area contributed by atoms with Crippen molar-refractivity contribution in [3.8, 4) is 5.75 Å². The van der Waals surface area contributed by atoms with Crippen molar-refractivity contribution in [2.75, 3.05) is 23.9 Å². The van der Waals surface area contributed by atoms with Crippen molar-refractivity contribution in [1.82, 2.24) is 5.32 Å². The fourth-order valence-corrected chi connectivity index (χ4v) is 3.87. The molecule has 0 spiro atoms. The number of carbonyl (C=O) groups is 2. The van der Waals surface area contributed by atoms with Gasteiger partial charge in [0.2, 0.25) is 0 Å². The quantitative estimate of drug-likeness (QED) is 0.610. The minimum absolute atomic E-state index is 0.00172. The lowest BCUT2D eigenvalue weighted by Crippen LogP contribution is -2.29. The largest absolute Gasteiger partial charge is 0.495 e. The first-order valence-electron chi connectivity index (χ1n) is 10.6. The van der Waals surface area contributed by atoms with E-state index in [1.54, 1.807) is 7.11 Å². The molecule has 0 saturated heterocycles. The number of urea groups is 1. The monoisotopic (exact) mass is 429 g/mol. The molecule has 4 rings (SSSR count). The molecule has 6 nitrogen and oxygen atoms in total. The van der Waals surface area contributed by atoms with Crippen LogP contribution in [-0.4, -0.2) is 25.6 Å². The number of fused-ring (bicyclic) bond motifs is 1. The summed E-state index contributed by atoms with van der Waals surface area (Å²) in [6.45, 7) is 4.97. The van der Waals surface area contributed by atoms with Crippen LogP contribution in [0.4, 0.5) is 16.2 Å². The van der Waals surface area contributed by atoms with Gasteiger partial charge in [0.25, 0.3) is 5.91 Å². The maximum atomic E-state index is 13.0. The van der Waals surface area contributed by atoms with E-state index >= 15 is 0 Å². The van der Waals surface area contributed by atoms with Gasteiger partial charge >= 0.3 is 6.03 Å². The second-order valence-electron chi connectivity index (χ2n) is 8.05. The van der Waals surface area contributed by atoms with Crippen molar-refractivity contribution >= 4 is 23.3 Å². The van der Waals surface area contributed by atoms with Crippen LogP contribution < -0.4 is 20.3 Å². The zero-order valence-corrected chi connectivity index (χ0v) is 18.6. The molecule has 0 atom stereocenters. The van der Waals surface area contributed by atoms with E-state index in [-0.39, 0.29) is 11.9 Å². The molecule has 164 valence electrons. The van der Waals surface area contributed by atoms with Crippen molar-refractivity contribution in [1.29, 1.82) is 0 Å². The second-order valence-corrected chi connectivity index (χ2v) is 8.05. The third-order valence-electron chi connectivity index (χ3n) is 5.65. The van der Waals surface area contributed by atoms with E-state index in [4.69, 9.17) is 4.74 Å². The highest BCUT2D eigenvalue weighted by molar-refractivity contribution is 6.07. The number of anilines is 2. The third kappa shape index (κ3) is 4.59. The van der Waals surface area contributed by atoms with Gasteiger partial charge in [-0.1, -0.05) is 35.9 Å². The van der Waals surface area contributed by atoms with Gasteiger partial charge in [0, 0.05) is 24.3 Å². The van der Waals surface area contributed by atoms with Crippen LogP contribution in [0.3, 0.4) is 0 Å². The number of methoxy groups -OCH3 is 1. The summed E-state index contributed by atoms with van der Waals surface area (Å²) in [4.78, 5) is 27.3. The number of aryl methyl sites for hydroxylation is 2. The summed E-state index contributed by atoms with van der Waals surface area (Å²) in [5.41, 5.74) is 6.43. The highest BCUT2D eigenvalue weighted by Gasteiger charge is 2.25. The number of carbonyl (C=O) groups excluding carboxylic acids is 2. The molecule has 0 aliphatic carbocycles. The number of rotatable bonds is 5. The summed E-state index contributed by atoms with van der Waals surface area (Å²) < 4.78 is 5.31. The Morgan fingerprint density at radius 2 is 1.72 bits per heavy atom. The Morgan fingerprint density at radius 3 is 2.47 bits per heavy atom. The maximum absolute atomic E-state index is 13.0. The minimum Gasteiger partial charge on any atom is -0.495 e. The van der Waals surface area contributed by atoms with E-state index in [2.05, 4.69) is 10.6 Å². The Balaban J connectivity index is 1.44. The first kappa shape index (κ1) is 21.4. The molecule has 6 heteroatoms. The maximum Gasteiger partial charge on any atom is 0.319 e. The SMILES string of the molecule is COc1ccc(C)cc1NC(=O)NCc1ccc2c(c1)N(C(=O)c1ccc(C)cc1)CC2. The highest BCUT2D eigenvalue weighted by Crippen LogP contribution is 2.30. The van der Waals surface area contributed by atoms with Gasteiger partial charge in [-0.15, -0.1) is 0 Å². The molecule has 0 aromatic heterocycles. The van der Waals surface area contributed by atoms with E-state index in [0.717, 1.165) is 34.4 Å². The lowest BCUT2D eigenvalue weighted by atomic mass is 10.1. The Bertz CT molecular complexity index is 1160. The summed E-state index contributed by atoms with van der Waals surface area (Å²) >= 11 is 0. The van der Waals surface area contributed by atoms with Crippen molar-refractivity contribution < 1.29 is 14.3 Å². The van der Waals surface area contributed by atoms with E-state index in [1.165, 1.54) is 0 Å². The molecule has 1 aliphatic rings. The van der Waals surface area contributed by atoms with Gasteiger partial charge in [-0.3, -0.25) is 4.79 Å². The van der Waals surface area contributed by atoms with Crippen molar-refractivity contribution in [2.24, 2.45) is 0 Å². The van der Waals surface area contributed by atoms with Crippen LogP contribution in [0.2, 0.25) is 0 Å². The third-order valence-corrected chi connectivity index (χ3v) is 5.65. The van der Waals surface area contributed by atoms with Crippen molar-refractivity contribution in [3.63, 3.8) is 0 Å². The summed E-state index contributed by atoms with van der Waals surface area (Å²) in [7, 11) is 1.57. The van der Waals surface area contributed by atoms with Crippen LogP contribution in [0.25, 0.3) is 0 Å². The molecule has 3 amide bonds. The smallest absolute Gasteiger partial charge is 0.319 e. The van der Waals surface area contributed by atoms with Crippen LogP contribution >= 0.6 is 0 Å². The van der Waals surface area contributed by atoms with E-state index in [0.29, 0.717) is 30.1 Å². The van der Waals surface area contributed by atoms with Gasteiger partial charge in [-0.25, -0.2) is 4.79 Å². The molecule has 3 aromatic rings. The molecular weight excluding hydrogens is 402 g/mol. The van der Waals surface area contributed by atoms with Crippen molar-refractivity contribution in [2.45, 2.75) is 26.8 Å². The van der Waals surface area contributed by atoms with Gasteiger partial charge in [-0.2, -0.15) is 0 Å². The number of amides is 3. The first-order chi connectivity index (χ1) is 15.4. The molecule has 0 bridgehead atoms. The second kappa shape index (κ2) is 9.14. The van der Waals surface area contributed by atoms with E-state index in [9.17, 15) is 9.59 Å². The van der Waals surface area contributed by atoms with Crippen LogP contribution in [0.15, 0.2) is 60.7 Å². The summed E-state index contributed by atoms with van der Waals surface area (Å²) in [6, 6.07) is 18.9. The number of hydrogen-bond donors (Lipinski definition) is 2. The number of nitrogens with one attached hydrogen (secondary N) is 2. The molecule has 0 fully saturated rings. The van der Waals surface area contributed by atoms with Crippen LogP contribution in [0, 0.1) is 13.8 Å². The number of nitrogens with zero attached hydrogens (tertiary/aromatic N) is 1. The Morgan fingerprint density at radius 1 is 0.969 bits per heavy atom. The van der Waals surface area contributed by atoms with Gasteiger partial charge in [-0.05, 0) is 67.3 Å². The number of benzene rings is 3. The molecule has 1 aliphatic heterocycles. The molecule has 3 aromatic carbocycles. The summed E-state index contributed by atoms with van der Waals surface area (Å²) in [5.74, 6) is 0.603. The number of ether oxygens (including phenoxy) is 1. The summed E-state index contributed by atoms with van der Waals surface area (Å²) in [6.07, 6.45) is 0.828. The average molecular weight is 430 g/mol. The van der Waals surface area contributed by atoms with Crippen molar-refractivity contribution in [3.05, 3.63) is 88.5 Å².